The highest BCUT2D eigenvalue weighted by Crippen LogP contribution is 2.27. The van der Waals surface area contributed by atoms with Gasteiger partial charge in [0.15, 0.2) is 28.7 Å². The fourth-order valence-corrected chi connectivity index (χ4v) is 3.57. The van der Waals surface area contributed by atoms with Crippen LogP contribution in [0.4, 0.5) is 14.5 Å². The third kappa shape index (κ3) is 5.09. The van der Waals surface area contributed by atoms with Crippen LogP contribution in [0.15, 0.2) is 41.6 Å². The quantitative estimate of drug-likeness (QED) is 0.515. The minimum Gasteiger partial charge on any atom is -0.480 e. The Morgan fingerprint density at radius 2 is 2.07 bits per heavy atom. The third-order valence-electron chi connectivity index (χ3n) is 4.30. The molecule has 2 aromatic carbocycles. The normalized spacial score (nSPS) is 11.9. The van der Waals surface area contributed by atoms with Crippen LogP contribution in [0.25, 0.3) is 0 Å². The Morgan fingerprint density at radius 1 is 1.30 bits per heavy atom. The Bertz CT molecular complexity index is 1080. The monoisotopic (exact) mass is 452 g/mol. The summed E-state index contributed by atoms with van der Waals surface area (Å²) in [6.45, 7) is 3.50. The molecule has 1 amide bonds. The molecule has 0 fully saturated rings. The minimum absolute atomic E-state index is 0.0858. The molecule has 0 aliphatic carbocycles. The van der Waals surface area contributed by atoms with Gasteiger partial charge in [0, 0.05) is 23.8 Å². The van der Waals surface area contributed by atoms with Crippen molar-refractivity contribution in [3.05, 3.63) is 64.4 Å². The number of ether oxygens (including phenoxy) is 1. The van der Waals surface area contributed by atoms with Crippen LogP contribution in [0.5, 0.6) is 5.75 Å². The molecule has 1 atom stereocenters. The van der Waals surface area contributed by atoms with Crippen molar-refractivity contribution in [2.45, 2.75) is 25.1 Å². The van der Waals surface area contributed by atoms with Gasteiger partial charge in [0.05, 0.1) is 5.75 Å². The van der Waals surface area contributed by atoms with Gasteiger partial charge in [-0.3, -0.25) is 4.79 Å². The molecule has 0 bridgehead atoms. The predicted molar refractivity (Wildman–Crippen MR) is 112 cm³/mol. The molecule has 6 nitrogen and oxygen atoms in total. The molecule has 30 heavy (non-hydrogen) atoms. The van der Waals surface area contributed by atoms with Gasteiger partial charge in [0.1, 0.15) is 5.82 Å². The molecule has 1 aromatic heterocycles. The second-order valence-corrected chi connectivity index (χ2v) is 7.83. The zero-order chi connectivity index (χ0) is 21.8. The van der Waals surface area contributed by atoms with Crippen molar-refractivity contribution >= 4 is 35.0 Å². The standard InChI is InChI=1S/C20H19ClF2N4O2S/c1-11-14(21)5-4-6-16(11)24-18(28)10-30-20-26-25-19(27(20)3)12(2)29-17-8-7-13(22)9-15(17)23/h4-9,12H,10H2,1-3H3,(H,24,28). The first-order chi connectivity index (χ1) is 14.3. The second kappa shape index (κ2) is 9.44. The summed E-state index contributed by atoms with van der Waals surface area (Å²) in [5, 5.41) is 12.0. The number of carbonyl (C=O) groups is 1. The molecule has 0 aliphatic heterocycles. The summed E-state index contributed by atoms with van der Waals surface area (Å²) in [4.78, 5) is 12.3. The number of benzene rings is 2. The van der Waals surface area contributed by atoms with E-state index in [0.717, 1.165) is 17.7 Å². The van der Waals surface area contributed by atoms with Crippen LogP contribution in [0, 0.1) is 18.6 Å². The zero-order valence-corrected chi connectivity index (χ0v) is 18.0. The largest absolute Gasteiger partial charge is 0.480 e. The number of hydrogen-bond donors (Lipinski definition) is 1. The molecule has 0 aliphatic rings. The number of aromatic nitrogens is 3. The van der Waals surface area contributed by atoms with E-state index >= 15 is 0 Å². The molecular weight excluding hydrogens is 434 g/mol. The van der Waals surface area contributed by atoms with Crippen molar-refractivity contribution < 1.29 is 18.3 Å². The molecule has 1 N–H and O–H groups in total. The van der Waals surface area contributed by atoms with E-state index in [4.69, 9.17) is 16.3 Å². The fraction of sp³-hybridized carbons (Fsp3) is 0.250. The molecule has 3 rings (SSSR count). The van der Waals surface area contributed by atoms with E-state index in [1.165, 1.54) is 17.8 Å². The molecule has 1 unspecified atom stereocenters. The Hall–Kier alpha value is -2.65. The molecule has 10 heteroatoms. The summed E-state index contributed by atoms with van der Waals surface area (Å²) < 4.78 is 34.1. The van der Waals surface area contributed by atoms with E-state index in [-0.39, 0.29) is 17.4 Å². The Kier molecular flexibility index (Phi) is 6.94. The SMILES string of the molecule is Cc1c(Cl)cccc1NC(=O)CSc1nnc(C(C)Oc2ccc(F)cc2F)n1C. The smallest absolute Gasteiger partial charge is 0.234 e. The maximum atomic E-state index is 13.8. The van der Waals surface area contributed by atoms with Gasteiger partial charge in [0.2, 0.25) is 5.91 Å². The Balaban J connectivity index is 1.62. The zero-order valence-electron chi connectivity index (χ0n) is 16.4. The molecule has 158 valence electrons. The molecule has 0 saturated heterocycles. The number of anilines is 1. The van der Waals surface area contributed by atoms with E-state index < -0.39 is 17.7 Å². The lowest BCUT2D eigenvalue weighted by molar-refractivity contribution is -0.113. The Labute approximate surface area is 181 Å². The van der Waals surface area contributed by atoms with Gasteiger partial charge < -0.3 is 14.6 Å². The van der Waals surface area contributed by atoms with Crippen molar-refractivity contribution in [2.24, 2.45) is 7.05 Å². The summed E-state index contributed by atoms with van der Waals surface area (Å²) in [7, 11) is 1.72. The van der Waals surface area contributed by atoms with Gasteiger partial charge in [0.25, 0.3) is 0 Å². The van der Waals surface area contributed by atoms with Crippen LogP contribution >= 0.6 is 23.4 Å². The third-order valence-corrected chi connectivity index (χ3v) is 5.73. The van der Waals surface area contributed by atoms with Gasteiger partial charge in [-0.1, -0.05) is 29.4 Å². The van der Waals surface area contributed by atoms with E-state index in [0.29, 0.717) is 21.7 Å². The first-order valence-corrected chi connectivity index (χ1v) is 10.3. The minimum atomic E-state index is -0.799. The molecule has 0 spiro atoms. The van der Waals surface area contributed by atoms with E-state index in [2.05, 4.69) is 15.5 Å². The highest BCUT2D eigenvalue weighted by Gasteiger charge is 2.19. The van der Waals surface area contributed by atoms with Crippen molar-refractivity contribution in [3.8, 4) is 5.75 Å². The van der Waals surface area contributed by atoms with Crippen molar-refractivity contribution in [1.82, 2.24) is 14.8 Å². The summed E-state index contributed by atoms with van der Waals surface area (Å²) in [6.07, 6.45) is -0.639. The van der Waals surface area contributed by atoms with Crippen LogP contribution in [-0.4, -0.2) is 26.4 Å². The second-order valence-electron chi connectivity index (χ2n) is 6.48. The maximum Gasteiger partial charge on any atom is 0.234 e. The van der Waals surface area contributed by atoms with Crippen LogP contribution in [0.3, 0.4) is 0 Å². The lowest BCUT2D eigenvalue weighted by Gasteiger charge is -2.14. The van der Waals surface area contributed by atoms with Gasteiger partial charge >= 0.3 is 0 Å². The highest BCUT2D eigenvalue weighted by molar-refractivity contribution is 7.99. The number of nitrogens with zero attached hydrogens (tertiary/aromatic N) is 3. The molecule has 1 heterocycles. The molecule has 3 aromatic rings. The Morgan fingerprint density at radius 3 is 2.80 bits per heavy atom. The predicted octanol–water partition coefficient (Wildman–Crippen LogP) is 4.93. The number of nitrogens with one attached hydrogen (secondary N) is 1. The van der Waals surface area contributed by atoms with Crippen molar-refractivity contribution in [3.63, 3.8) is 0 Å². The number of carbonyl (C=O) groups excluding carboxylic acids is 1. The summed E-state index contributed by atoms with van der Waals surface area (Å²) >= 11 is 7.27. The molecular formula is C20H19ClF2N4O2S. The number of rotatable bonds is 7. The highest BCUT2D eigenvalue weighted by atomic mass is 35.5. The van der Waals surface area contributed by atoms with E-state index in [1.807, 2.05) is 6.92 Å². The van der Waals surface area contributed by atoms with Gasteiger partial charge in [-0.25, -0.2) is 8.78 Å². The van der Waals surface area contributed by atoms with Crippen LogP contribution in [0.2, 0.25) is 5.02 Å². The molecule has 0 radical (unpaired) electrons. The number of thioether (sulfide) groups is 1. The number of hydrogen-bond acceptors (Lipinski definition) is 5. The van der Waals surface area contributed by atoms with Gasteiger partial charge in [-0.05, 0) is 43.7 Å². The molecule has 0 saturated carbocycles. The van der Waals surface area contributed by atoms with Gasteiger partial charge in [-0.15, -0.1) is 10.2 Å². The topological polar surface area (TPSA) is 69.0 Å². The summed E-state index contributed by atoms with van der Waals surface area (Å²) in [5.41, 5.74) is 1.44. The van der Waals surface area contributed by atoms with Crippen LogP contribution < -0.4 is 10.1 Å². The summed E-state index contributed by atoms with van der Waals surface area (Å²) in [6, 6.07) is 8.37. The maximum absolute atomic E-state index is 13.8. The van der Waals surface area contributed by atoms with Crippen molar-refractivity contribution in [2.75, 3.05) is 11.1 Å². The fourth-order valence-electron chi connectivity index (χ4n) is 2.68. The van der Waals surface area contributed by atoms with Crippen LogP contribution in [-0.2, 0) is 11.8 Å². The van der Waals surface area contributed by atoms with E-state index in [9.17, 15) is 13.6 Å². The van der Waals surface area contributed by atoms with Gasteiger partial charge in [-0.2, -0.15) is 0 Å². The number of halogens is 3. The lowest BCUT2D eigenvalue weighted by Crippen LogP contribution is -2.15. The summed E-state index contributed by atoms with van der Waals surface area (Å²) in [5.74, 6) is -1.24. The van der Waals surface area contributed by atoms with Crippen LogP contribution in [0.1, 0.15) is 24.4 Å². The lowest BCUT2D eigenvalue weighted by atomic mass is 10.2. The average Bonchev–Trinajstić information content (AvgIpc) is 3.06. The van der Waals surface area contributed by atoms with E-state index in [1.54, 1.807) is 36.7 Å². The number of amides is 1. The van der Waals surface area contributed by atoms with Crippen molar-refractivity contribution in [1.29, 1.82) is 0 Å². The average molecular weight is 453 g/mol. The first-order valence-electron chi connectivity index (χ1n) is 8.95. The first kappa shape index (κ1) is 22.0.